The maximum absolute atomic E-state index is 10.2. The number of para-hydroxylation sites is 1. The number of fused-ring (bicyclic) bond motifs is 6. The van der Waals surface area contributed by atoms with Crippen molar-refractivity contribution < 1.29 is 0 Å². The van der Waals surface area contributed by atoms with Crippen LogP contribution < -0.4 is 0 Å². The number of nitrogens with zero attached hydrogens (tertiary/aromatic N) is 3. The van der Waals surface area contributed by atoms with E-state index in [-0.39, 0.29) is 10.8 Å². The molecular weight excluding hydrogens is 522 g/mol. The van der Waals surface area contributed by atoms with Crippen molar-refractivity contribution >= 4 is 38.1 Å². The zero-order valence-electron chi connectivity index (χ0n) is 25.5. The van der Waals surface area contributed by atoms with E-state index in [0.29, 0.717) is 11.1 Å². The molecule has 0 fully saturated rings. The maximum Gasteiger partial charge on any atom is 0.0992 e. The summed E-state index contributed by atoms with van der Waals surface area (Å²) in [6.45, 7) is 13.4. The molecule has 0 unspecified atom stereocenters. The topological polar surface area (TPSA) is 52.0 Å². The predicted octanol–water partition coefficient (Wildman–Crippen LogP) is 10.5. The second-order valence-corrected chi connectivity index (χ2v) is 13.7. The molecule has 3 heteroatoms. The van der Waals surface area contributed by atoms with Crippen molar-refractivity contribution in [3.8, 4) is 34.4 Å². The average molecular weight is 556 g/mol. The highest BCUT2D eigenvalue weighted by Crippen LogP contribution is 2.48. The number of benzene rings is 5. The summed E-state index contributed by atoms with van der Waals surface area (Å²) in [6, 6.07) is 36.7. The maximum atomic E-state index is 10.2. The van der Waals surface area contributed by atoms with Crippen LogP contribution in [0.15, 0.2) is 91.0 Å². The molecule has 0 amide bonds. The number of rotatable bonds is 2. The van der Waals surface area contributed by atoms with Gasteiger partial charge in [0.05, 0.1) is 39.8 Å². The molecule has 3 nitrogen and oxygen atoms in total. The molecule has 0 saturated carbocycles. The van der Waals surface area contributed by atoms with Crippen molar-refractivity contribution in [2.45, 2.75) is 52.4 Å². The minimum atomic E-state index is -0.0736. The first-order valence-electron chi connectivity index (χ1n) is 14.8. The van der Waals surface area contributed by atoms with E-state index in [4.69, 9.17) is 0 Å². The Balaban J connectivity index is 1.70. The zero-order chi connectivity index (χ0) is 30.3. The molecule has 208 valence electrons. The van der Waals surface area contributed by atoms with Gasteiger partial charge in [0.1, 0.15) is 0 Å². The van der Waals surface area contributed by atoms with Crippen LogP contribution in [-0.2, 0) is 10.8 Å². The molecule has 2 heterocycles. The van der Waals surface area contributed by atoms with Crippen LogP contribution in [0.3, 0.4) is 0 Å². The second-order valence-electron chi connectivity index (χ2n) is 13.7. The van der Waals surface area contributed by atoms with Crippen molar-refractivity contribution in [1.82, 2.24) is 4.40 Å². The summed E-state index contributed by atoms with van der Waals surface area (Å²) in [4.78, 5) is 0. The second kappa shape index (κ2) is 9.19. The lowest BCUT2D eigenvalue weighted by Gasteiger charge is -2.24. The summed E-state index contributed by atoms with van der Waals surface area (Å²) in [6.07, 6.45) is 0. The fourth-order valence-corrected chi connectivity index (χ4v) is 7.03. The highest BCUT2D eigenvalue weighted by Gasteiger charge is 2.27. The van der Waals surface area contributed by atoms with Gasteiger partial charge in [-0.15, -0.1) is 0 Å². The molecule has 5 aromatic carbocycles. The lowest BCUT2D eigenvalue weighted by molar-refractivity contribution is 0.592. The summed E-state index contributed by atoms with van der Waals surface area (Å²) in [7, 11) is 0. The van der Waals surface area contributed by atoms with Crippen LogP contribution in [0.2, 0.25) is 0 Å². The van der Waals surface area contributed by atoms with Gasteiger partial charge in [-0.1, -0.05) is 108 Å². The zero-order valence-corrected chi connectivity index (χ0v) is 25.5. The third-order valence-electron chi connectivity index (χ3n) is 8.82. The average Bonchev–Trinajstić information content (AvgIpc) is 3.51. The molecule has 0 N–H and O–H groups in total. The van der Waals surface area contributed by atoms with Crippen LogP contribution in [0.25, 0.3) is 60.3 Å². The molecular formula is C40H33N3. The van der Waals surface area contributed by atoms with Crippen LogP contribution in [0.1, 0.15) is 63.8 Å². The normalized spacial score (nSPS) is 12.4. The monoisotopic (exact) mass is 555 g/mol. The fraction of sp³-hybridized carbons (Fsp3) is 0.200. The molecule has 0 saturated heterocycles. The van der Waals surface area contributed by atoms with Crippen LogP contribution in [0.5, 0.6) is 0 Å². The summed E-state index contributed by atoms with van der Waals surface area (Å²) < 4.78 is 2.30. The van der Waals surface area contributed by atoms with E-state index in [9.17, 15) is 10.5 Å². The Morgan fingerprint density at radius 1 is 0.512 bits per heavy atom. The molecule has 0 spiro atoms. The lowest BCUT2D eigenvalue weighted by Crippen LogP contribution is -2.12. The molecule has 0 aliphatic heterocycles. The predicted molar refractivity (Wildman–Crippen MR) is 179 cm³/mol. The standard InChI is InChI=1S/C40H33N3/c1-39(2,3)32-16-9-7-12-26(32)30-18-24(22-41)20-34-36(30)28-14-11-15-29-37-31(27-13-8-10-17-33(27)40(4,5)6)19-25(23-42)21-35(37)43(34)38(28)29/h7-21H,1-6H3. The number of nitriles is 2. The van der Waals surface area contributed by atoms with Crippen molar-refractivity contribution in [3.63, 3.8) is 0 Å². The largest absolute Gasteiger partial charge is 0.308 e. The molecule has 0 aliphatic carbocycles. The molecule has 7 aromatic rings. The third kappa shape index (κ3) is 3.93. The Morgan fingerprint density at radius 3 is 1.33 bits per heavy atom. The van der Waals surface area contributed by atoms with Crippen LogP contribution >= 0.6 is 0 Å². The Kier molecular flexibility index (Phi) is 5.72. The molecule has 0 radical (unpaired) electrons. The lowest BCUT2D eigenvalue weighted by atomic mass is 9.80. The van der Waals surface area contributed by atoms with Gasteiger partial charge >= 0.3 is 0 Å². The summed E-state index contributed by atoms with van der Waals surface area (Å²) in [5.74, 6) is 0. The smallest absolute Gasteiger partial charge is 0.0992 e. The quantitative estimate of drug-likeness (QED) is 0.213. The van der Waals surface area contributed by atoms with E-state index in [2.05, 4.69) is 125 Å². The Bertz CT molecular complexity index is 2160. The summed E-state index contributed by atoms with van der Waals surface area (Å²) in [5.41, 5.74) is 11.1. The summed E-state index contributed by atoms with van der Waals surface area (Å²) in [5, 5.41) is 25.0. The minimum Gasteiger partial charge on any atom is -0.308 e. The fourth-order valence-electron chi connectivity index (χ4n) is 7.03. The van der Waals surface area contributed by atoms with Gasteiger partial charge in [0, 0.05) is 21.5 Å². The molecule has 0 aliphatic rings. The van der Waals surface area contributed by atoms with Gasteiger partial charge in [-0.2, -0.15) is 10.5 Å². The minimum absolute atomic E-state index is 0.0736. The van der Waals surface area contributed by atoms with E-state index < -0.39 is 0 Å². The third-order valence-corrected chi connectivity index (χ3v) is 8.82. The SMILES string of the molecule is CC(C)(C)c1ccccc1-c1cc(C#N)cc2c1c1cccc3c4c(-c5ccccc5C(C)(C)C)cc(C#N)cc4n2c13. The van der Waals surface area contributed by atoms with Gasteiger partial charge < -0.3 is 4.40 Å². The Labute approximate surface area is 252 Å². The Hall–Kier alpha value is -5.12. The highest BCUT2D eigenvalue weighted by molar-refractivity contribution is 6.28. The van der Waals surface area contributed by atoms with Crippen molar-refractivity contribution in [2.24, 2.45) is 0 Å². The summed E-state index contributed by atoms with van der Waals surface area (Å²) >= 11 is 0. The molecule has 43 heavy (non-hydrogen) atoms. The number of hydrogen-bond acceptors (Lipinski definition) is 2. The number of aromatic nitrogens is 1. The molecule has 0 bridgehead atoms. The molecule has 7 rings (SSSR count). The van der Waals surface area contributed by atoms with Crippen molar-refractivity contribution in [2.75, 3.05) is 0 Å². The van der Waals surface area contributed by atoms with Gasteiger partial charge in [0.15, 0.2) is 0 Å². The van der Waals surface area contributed by atoms with Gasteiger partial charge in [-0.25, -0.2) is 0 Å². The first-order valence-corrected chi connectivity index (χ1v) is 14.8. The van der Waals surface area contributed by atoms with Gasteiger partial charge in [0.25, 0.3) is 0 Å². The van der Waals surface area contributed by atoms with E-state index in [1.807, 2.05) is 24.3 Å². The van der Waals surface area contributed by atoms with Crippen molar-refractivity contribution in [3.05, 3.63) is 113 Å². The first kappa shape index (κ1) is 26.8. The molecule has 0 atom stereocenters. The van der Waals surface area contributed by atoms with Gasteiger partial charge in [-0.3, -0.25) is 0 Å². The van der Waals surface area contributed by atoms with Crippen LogP contribution in [0.4, 0.5) is 0 Å². The van der Waals surface area contributed by atoms with Crippen LogP contribution in [0, 0.1) is 22.7 Å². The van der Waals surface area contributed by atoms with E-state index in [1.165, 1.54) is 11.1 Å². The Morgan fingerprint density at radius 2 is 0.930 bits per heavy atom. The van der Waals surface area contributed by atoms with E-state index in [1.54, 1.807) is 0 Å². The van der Waals surface area contributed by atoms with Gasteiger partial charge in [-0.05, 0) is 68.5 Å². The van der Waals surface area contributed by atoms with E-state index in [0.717, 1.165) is 60.3 Å². The highest BCUT2D eigenvalue weighted by atomic mass is 14.9. The first-order chi connectivity index (χ1) is 20.5. The van der Waals surface area contributed by atoms with Crippen LogP contribution in [-0.4, -0.2) is 4.40 Å². The molecule has 2 aromatic heterocycles. The van der Waals surface area contributed by atoms with E-state index >= 15 is 0 Å². The van der Waals surface area contributed by atoms with Gasteiger partial charge in [0.2, 0.25) is 0 Å². The van der Waals surface area contributed by atoms with Crippen molar-refractivity contribution in [1.29, 1.82) is 10.5 Å². The number of hydrogen-bond donors (Lipinski definition) is 0.